The molecule has 0 aromatic heterocycles. The third kappa shape index (κ3) is 8.14. The molecule has 1 N–H and O–H groups in total. The molecular formula is C21H27KO5S. The summed E-state index contributed by atoms with van der Waals surface area (Å²) in [4.78, 5) is -0.352. The Morgan fingerprint density at radius 2 is 1.57 bits per heavy atom. The minimum atomic E-state index is -4.44. The molecule has 7 heteroatoms. The van der Waals surface area contributed by atoms with Crippen molar-refractivity contribution in [3.05, 3.63) is 48.0 Å². The molecule has 0 radical (unpaired) electrons. The molecule has 2 rings (SSSR count). The van der Waals surface area contributed by atoms with Crippen LogP contribution >= 0.6 is 0 Å². The van der Waals surface area contributed by atoms with Gasteiger partial charge >= 0.3 is 51.4 Å². The van der Waals surface area contributed by atoms with Gasteiger partial charge in [-0.3, -0.25) is 4.55 Å². The Morgan fingerprint density at radius 3 is 2.25 bits per heavy atom. The fourth-order valence-corrected chi connectivity index (χ4v) is 3.62. The molecule has 0 bridgehead atoms. The summed E-state index contributed by atoms with van der Waals surface area (Å²) in [6, 6.07) is 10.6. The second-order valence-corrected chi connectivity index (χ2v) is 8.03. The topological polar surface area (TPSA) is 86.7 Å². The van der Waals surface area contributed by atoms with Crippen molar-refractivity contribution in [2.45, 2.75) is 63.2 Å². The van der Waals surface area contributed by atoms with E-state index in [2.05, 4.69) is 6.92 Å². The first-order valence-electron chi connectivity index (χ1n) is 9.46. The summed E-state index contributed by atoms with van der Waals surface area (Å²) in [5.41, 5.74) is 0.751. The summed E-state index contributed by atoms with van der Waals surface area (Å²) in [5.74, 6) is -0.232. The van der Waals surface area contributed by atoms with E-state index >= 15 is 0 Å². The Bertz CT molecular complexity index is 836. The number of hydrogen-bond acceptors (Lipinski definition) is 4. The zero-order valence-electron chi connectivity index (χ0n) is 16.7. The average molecular weight is 431 g/mol. The van der Waals surface area contributed by atoms with E-state index in [4.69, 9.17) is 4.74 Å². The third-order valence-electron chi connectivity index (χ3n) is 4.45. The minimum absolute atomic E-state index is 0. The number of benzene rings is 2. The Morgan fingerprint density at radius 1 is 0.929 bits per heavy atom. The van der Waals surface area contributed by atoms with Crippen molar-refractivity contribution >= 4 is 10.1 Å². The summed E-state index contributed by atoms with van der Waals surface area (Å²) in [6.07, 6.45) is 8.84. The predicted octanol–water partition coefficient (Wildman–Crippen LogP) is 2.10. The van der Waals surface area contributed by atoms with E-state index < -0.39 is 10.1 Å². The number of aryl methyl sites for hydroxylation is 1. The van der Waals surface area contributed by atoms with Gasteiger partial charge in [0.05, 0.1) is 0 Å². The molecule has 2 aromatic rings. The summed E-state index contributed by atoms with van der Waals surface area (Å²) < 4.78 is 38.1. The first kappa shape index (κ1) is 25.6. The van der Waals surface area contributed by atoms with Crippen LogP contribution in [0.25, 0.3) is 0 Å². The zero-order valence-corrected chi connectivity index (χ0v) is 20.6. The minimum Gasteiger partial charge on any atom is -0.870 e. The molecule has 148 valence electrons. The van der Waals surface area contributed by atoms with Crippen LogP contribution in [0.3, 0.4) is 0 Å². The number of unbranched alkanes of at least 4 members (excludes halogenated alkanes) is 6. The van der Waals surface area contributed by atoms with E-state index in [-0.39, 0.29) is 73.5 Å². The second kappa shape index (κ2) is 13.0. The Labute approximate surface area is 210 Å². The molecule has 0 aliphatic heterocycles. The van der Waals surface area contributed by atoms with Gasteiger partial charge in [0.15, 0.2) is 0 Å². The van der Waals surface area contributed by atoms with Crippen molar-refractivity contribution in [1.29, 1.82) is 0 Å². The molecule has 5 nitrogen and oxygen atoms in total. The summed E-state index contributed by atoms with van der Waals surface area (Å²) in [7, 11) is -4.44. The smallest absolute Gasteiger partial charge is 0.870 e. The molecule has 2 aromatic carbocycles. The van der Waals surface area contributed by atoms with Crippen molar-refractivity contribution in [2.24, 2.45) is 0 Å². The summed E-state index contributed by atoms with van der Waals surface area (Å²) in [6.45, 7) is 2.19. The molecule has 28 heavy (non-hydrogen) atoms. The molecule has 0 heterocycles. The molecule has 0 amide bonds. The molecule has 0 aliphatic carbocycles. The van der Waals surface area contributed by atoms with Gasteiger partial charge in [-0.1, -0.05) is 81.5 Å². The molecule has 0 saturated heterocycles. The SMILES string of the molecule is CCCCCCCCCc1cccc([O-])c1Oc1ccccc1S(=O)(=O)O.[K+]. The molecule has 0 aliphatic rings. The van der Waals surface area contributed by atoms with Gasteiger partial charge in [-0.25, -0.2) is 0 Å². The van der Waals surface area contributed by atoms with E-state index in [1.54, 1.807) is 12.1 Å². The summed E-state index contributed by atoms with van der Waals surface area (Å²) >= 11 is 0. The van der Waals surface area contributed by atoms with Crippen molar-refractivity contribution in [1.82, 2.24) is 0 Å². The molecule has 0 fully saturated rings. The predicted molar refractivity (Wildman–Crippen MR) is 104 cm³/mol. The van der Waals surface area contributed by atoms with Gasteiger partial charge in [0.25, 0.3) is 10.1 Å². The van der Waals surface area contributed by atoms with Gasteiger partial charge < -0.3 is 9.84 Å². The van der Waals surface area contributed by atoms with Crippen LogP contribution in [-0.2, 0) is 16.5 Å². The van der Waals surface area contributed by atoms with E-state index in [1.165, 1.54) is 56.4 Å². The molecule has 0 saturated carbocycles. The number of rotatable bonds is 11. The fraction of sp³-hybridized carbons (Fsp3) is 0.429. The summed E-state index contributed by atoms with van der Waals surface area (Å²) in [5, 5.41) is 12.3. The standard InChI is InChI=1S/C21H28O5S.K/c1-2-3-4-5-6-7-8-12-17-13-11-14-18(22)21(17)26-19-15-9-10-16-20(19)27(23,24)25;/h9-11,13-16,22H,2-8,12H2,1H3,(H,23,24,25);/q;+1/p-1. The van der Waals surface area contributed by atoms with Crippen LogP contribution in [0.5, 0.6) is 17.2 Å². The van der Waals surface area contributed by atoms with Gasteiger partial charge in [0, 0.05) is 0 Å². The van der Waals surface area contributed by atoms with Gasteiger partial charge in [-0.05, 0) is 30.5 Å². The van der Waals surface area contributed by atoms with E-state index in [0.29, 0.717) is 6.42 Å². The maximum absolute atomic E-state index is 12.3. The molecule has 0 atom stereocenters. The maximum Gasteiger partial charge on any atom is 1.00 e. The van der Waals surface area contributed by atoms with Crippen LogP contribution < -0.4 is 61.2 Å². The van der Waals surface area contributed by atoms with E-state index in [0.717, 1.165) is 18.4 Å². The monoisotopic (exact) mass is 430 g/mol. The molecule has 0 unspecified atom stereocenters. The van der Waals surface area contributed by atoms with Gasteiger partial charge in [0.1, 0.15) is 16.4 Å². The normalized spacial score (nSPS) is 11.1. The zero-order chi connectivity index (χ0) is 19.7. The third-order valence-corrected chi connectivity index (χ3v) is 5.34. The van der Waals surface area contributed by atoms with Crippen LogP contribution in [0.2, 0.25) is 0 Å². The number of para-hydroxylation sites is 2. The van der Waals surface area contributed by atoms with Gasteiger partial charge in [-0.15, -0.1) is 0 Å². The second-order valence-electron chi connectivity index (χ2n) is 6.64. The largest absolute Gasteiger partial charge is 1.00 e. The number of ether oxygens (including phenoxy) is 1. The van der Waals surface area contributed by atoms with Crippen LogP contribution in [0.15, 0.2) is 47.4 Å². The Hall–Kier alpha value is -0.414. The Balaban J connectivity index is 0.00000392. The number of hydrogen-bond donors (Lipinski definition) is 1. The van der Waals surface area contributed by atoms with Crippen molar-refractivity contribution in [2.75, 3.05) is 0 Å². The van der Waals surface area contributed by atoms with Crippen LogP contribution in [0.4, 0.5) is 0 Å². The van der Waals surface area contributed by atoms with E-state index in [9.17, 15) is 18.1 Å². The molecule has 0 spiro atoms. The first-order valence-corrected chi connectivity index (χ1v) is 10.9. The van der Waals surface area contributed by atoms with Gasteiger partial charge in [-0.2, -0.15) is 8.42 Å². The van der Waals surface area contributed by atoms with Crippen LogP contribution in [0, 0.1) is 0 Å². The maximum atomic E-state index is 12.3. The van der Waals surface area contributed by atoms with Crippen molar-refractivity contribution in [3.8, 4) is 17.2 Å². The quantitative estimate of drug-likeness (QED) is 0.335. The van der Waals surface area contributed by atoms with Crippen molar-refractivity contribution in [3.63, 3.8) is 0 Å². The van der Waals surface area contributed by atoms with Crippen LogP contribution in [0.1, 0.15) is 57.4 Å². The van der Waals surface area contributed by atoms with E-state index in [1.807, 2.05) is 6.07 Å². The Kier molecular flexibility index (Phi) is 11.9. The fourth-order valence-electron chi connectivity index (χ4n) is 3.00. The molecular weight excluding hydrogens is 403 g/mol. The average Bonchev–Trinajstić information content (AvgIpc) is 2.63. The first-order chi connectivity index (χ1) is 12.9. The van der Waals surface area contributed by atoms with Gasteiger partial charge in [0.2, 0.25) is 0 Å². The van der Waals surface area contributed by atoms with Crippen LogP contribution in [-0.4, -0.2) is 13.0 Å². The van der Waals surface area contributed by atoms with Crippen molar-refractivity contribution < 1.29 is 74.2 Å².